The number of carbonyl (C=O) groups is 1. The molecule has 0 spiro atoms. The maximum atomic E-state index is 13.2. The van der Waals surface area contributed by atoms with Crippen molar-refractivity contribution in [3.05, 3.63) is 70.3 Å². The highest BCUT2D eigenvalue weighted by Gasteiger charge is 2.38. The molecule has 9 heteroatoms. The minimum atomic E-state index is -1.69. The Kier molecular flexibility index (Phi) is 10.1. The summed E-state index contributed by atoms with van der Waals surface area (Å²) in [7, 11) is 1.72. The molecular weight excluding hydrogens is 560 g/mol. The maximum absolute atomic E-state index is 13.2. The van der Waals surface area contributed by atoms with Crippen LogP contribution in [0.25, 0.3) is 0 Å². The summed E-state index contributed by atoms with van der Waals surface area (Å²) in [6.45, 7) is 3.98. The fourth-order valence-electron chi connectivity index (χ4n) is 6.21. The molecule has 1 saturated carbocycles. The van der Waals surface area contributed by atoms with E-state index in [1.807, 2.05) is 31.2 Å². The first-order valence-corrected chi connectivity index (χ1v) is 16.2. The Bertz CT molecular complexity index is 1360. The van der Waals surface area contributed by atoms with Crippen molar-refractivity contribution in [3.63, 3.8) is 0 Å². The van der Waals surface area contributed by atoms with Crippen LogP contribution in [0.15, 0.2) is 52.9 Å². The van der Waals surface area contributed by atoms with E-state index in [1.165, 1.54) is 11.1 Å². The third-order valence-electron chi connectivity index (χ3n) is 8.71. The zero-order chi connectivity index (χ0) is 28.9. The van der Waals surface area contributed by atoms with Gasteiger partial charge in [0.1, 0.15) is 5.75 Å². The first-order chi connectivity index (χ1) is 19.9. The molecule has 7 nitrogen and oxygen atoms in total. The van der Waals surface area contributed by atoms with Gasteiger partial charge in [-0.05, 0) is 91.3 Å². The van der Waals surface area contributed by atoms with E-state index >= 15 is 0 Å². The summed E-state index contributed by atoms with van der Waals surface area (Å²) in [5.41, 5.74) is 3.72. The zero-order valence-electron chi connectivity index (χ0n) is 24.1. The lowest BCUT2D eigenvalue weighted by molar-refractivity contribution is 0.0122. The molecule has 1 fully saturated rings. The number of ether oxygens (including phenoxy) is 3. The van der Waals surface area contributed by atoms with E-state index in [-0.39, 0.29) is 23.9 Å². The molecule has 1 amide bonds. The second kappa shape index (κ2) is 13.7. The van der Waals surface area contributed by atoms with E-state index in [0.29, 0.717) is 30.6 Å². The Balaban J connectivity index is 1.61. The Morgan fingerprint density at radius 2 is 1.83 bits per heavy atom. The largest absolute Gasteiger partial charge is 0.491 e. The highest BCUT2D eigenvalue weighted by Crippen LogP contribution is 2.42. The third kappa shape index (κ3) is 7.16. The van der Waals surface area contributed by atoms with Crippen LogP contribution in [-0.4, -0.2) is 51.2 Å². The number of fused-ring (bicyclic) bond motifs is 3. The lowest BCUT2D eigenvalue weighted by Crippen LogP contribution is -2.43. The van der Waals surface area contributed by atoms with E-state index < -0.39 is 16.5 Å². The predicted molar refractivity (Wildman–Crippen MR) is 163 cm³/mol. The van der Waals surface area contributed by atoms with Gasteiger partial charge in [-0.3, -0.25) is 4.79 Å². The van der Waals surface area contributed by atoms with Gasteiger partial charge in [-0.2, -0.15) is 10.6 Å². The average Bonchev–Trinajstić information content (AvgIpc) is 2.97. The van der Waals surface area contributed by atoms with Gasteiger partial charge in [0.25, 0.3) is 5.91 Å². The number of amides is 1. The van der Waals surface area contributed by atoms with E-state index in [0.717, 1.165) is 55.1 Å². The van der Waals surface area contributed by atoms with Crippen molar-refractivity contribution in [2.24, 2.45) is 22.1 Å². The molecule has 3 aliphatic rings. The summed E-state index contributed by atoms with van der Waals surface area (Å²) in [4.78, 5) is 15.6. The minimum absolute atomic E-state index is 0.0552. The number of hydrogen-bond donors (Lipinski definition) is 0. The Labute approximate surface area is 250 Å². The molecule has 0 radical (unpaired) electrons. The Morgan fingerprint density at radius 3 is 2.59 bits per heavy atom. The fraction of sp³-hybridized carbons (Fsp3) is 0.531. The molecule has 2 aliphatic heterocycles. The smallest absolute Gasteiger partial charge is 0.254 e. The van der Waals surface area contributed by atoms with Crippen molar-refractivity contribution in [2.75, 3.05) is 38.0 Å². The topological polar surface area (TPSA) is 77.4 Å². The van der Waals surface area contributed by atoms with Crippen LogP contribution in [0.2, 0.25) is 5.02 Å². The van der Waals surface area contributed by atoms with Gasteiger partial charge in [0.15, 0.2) is 0 Å². The van der Waals surface area contributed by atoms with Gasteiger partial charge in [-0.15, -0.1) is 0 Å². The lowest BCUT2D eigenvalue weighted by Gasteiger charge is -2.43. The molecule has 5 atom stereocenters. The van der Waals surface area contributed by atoms with Crippen LogP contribution in [0, 0.1) is 17.8 Å². The molecule has 2 aromatic rings. The van der Waals surface area contributed by atoms with E-state index in [2.05, 4.69) is 27.5 Å². The Morgan fingerprint density at radius 1 is 1.02 bits per heavy atom. The minimum Gasteiger partial charge on any atom is -0.491 e. The van der Waals surface area contributed by atoms with Crippen LogP contribution in [0.1, 0.15) is 54.1 Å². The van der Waals surface area contributed by atoms with Crippen LogP contribution in [0.5, 0.6) is 5.75 Å². The van der Waals surface area contributed by atoms with Crippen molar-refractivity contribution in [1.29, 1.82) is 0 Å². The van der Waals surface area contributed by atoms with Crippen molar-refractivity contribution in [2.45, 2.75) is 57.8 Å². The molecule has 41 heavy (non-hydrogen) atoms. The quantitative estimate of drug-likeness (QED) is 0.285. The number of aryl methyl sites for hydroxylation is 1. The number of halogens is 1. The second-order valence-corrected chi connectivity index (χ2v) is 13.0. The number of carbonyl (C=O) groups excluding carboxylic acids is 1. The number of anilines is 1. The van der Waals surface area contributed by atoms with Crippen LogP contribution >= 0.6 is 11.6 Å². The first kappa shape index (κ1) is 30.1. The number of hydrogen-bond acceptors (Lipinski definition) is 7. The van der Waals surface area contributed by atoms with Crippen molar-refractivity contribution in [3.8, 4) is 5.75 Å². The van der Waals surface area contributed by atoms with E-state index in [1.54, 1.807) is 20.3 Å². The second-order valence-electron chi connectivity index (χ2n) is 11.4. The first-order valence-electron chi connectivity index (χ1n) is 14.5. The molecule has 5 rings (SSSR count). The number of benzene rings is 2. The van der Waals surface area contributed by atoms with Crippen molar-refractivity contribution in [1.82, 2.24) is 0 Å². The number of nitrogens with zero attached hydrogens (tertiary/aromatic N) is 2. The zero-order valence-corrected chi connectivity index (χ0v) is 25.7. The van der Waals surface area contributed by atoms with Gasteiger partial charge in [0.2, 0.25) is 0 Å². The van der Waals surface area contributed by atoms with Crippen LogP contribution in [-0.2, 0) is 37.2 Å². The lowest BCUT2D eigenvalue weighted by atomic mass is 9.70. The summed E-state index contributed by atoms with van der Waals surface area (Å²) in [5, 5.41) is 0.739. The SMILES string of the molecule is CO[C@H]1/C=C/[C@H](OC)[C@H](C)C[S-](=O)=NC(=O)c2ccc3c(c2)N(Cc2ccc(Cl)cc2CCCCO3)C[C@@H]2CC[C@H]21. The van der Waals surface area contributed by atoms with Crippen LogP contribution in [0.4, 0.5) is 5.69 Å². The predicted octanol–water partition coefficient (Wildman–Crippen LogP) is 6.61. The van der Waals surface area contributed by atoms with Gasteiger partial charge in [-0.1, -0.05) is 42.5 Å². The summed E-state index contributed by atoms with van der Waals surface area (Å²) in [5.74, 6) is 1.12. The molecule has 0 aromatic heterocycles. The normalized spacial score (nSPS) is 28.6. The van der Waals surface area contributed by atoms with Crippen LogP contribution in [0.3, 0.4) is 0 Å². The standard InChI is InChI=1S/C32H40ClN2O5S/c1-21-20-41(37)34-32(36)23-9-12-31-28(17-23)35(18-24-7-10-26(33)16-22(24)6-4-5-15-40-31)19-25-8-11-27(25)30(39-3)14-13-29(21)38-2/h7,9-10,12-14,16-17,21,25,27,29-30H,4-6,8,11,15,18-20H2,1-3H3/q-1/b14-13+/t21-,25+,27-,29+,30+/m1/s1. The molecule has 0 saturated heterocycles. The summed E-state index contributed by atoms with van der Waals surface area (Å²) < 4.78 is 35.0. The molecule has 2 bridgehead atoms. The van der Waals surface area contributed by atoms with E-state index in [9.17, 15) is 9.00 Å². The number of methoxy groups -OCH3 is 2. The van der Waals surface area contributed by atoms with Gasteiger partial charge in [0, 0.05) is 37.9 Å². The van der Waals surface area contributed by atoms with Crippen LogP contribution < -0.4 is 9.64 Å². The summed E-state index contributed by atoms with van der Waals surface area (Å²) in [6.07, 6.45) is 8.80. The van der Waals surface area contributed by atoms with Gasteiger partial charge in [0.05, 0.1) is 24.5 Å². The maximum Gasteiger partial charge on any atom is 0.254 e. The Hall–Kier alpha value is -2.39. The molecule has 0 N–H and O–H groups in total. The molecule has 2 heterocycles. The molecule has 222 valence electrons. The molecule has 1 aliphatic carbocycles. The molecular formula is C32H40ClN2O5S-. The average molecular weight is 600 g/mol. The van der Waals surface area contributed by atoms with Crippen molar-refractivity contribution >= 4 is 33.8 Å². The van der Waals surface area contributed by atoms with Gasteiger partial charge < -0.3 is 27.7 Å². The fourth-order valence-corrected chi connectivity index (χ4v) is 7.41. The van der Waals surface area contributed by atoms with Gasteiger partial charge in [-0.25, -0.2) is 0 Å². The highest BCUT2D eigenvalue weighted by atomic mass is 35.5. The highest BCUT2D eigenvalue weighted by molar-refractivity contribution is 7.75. The number of rotatable bonds is 2. The van der Waals surface area contributed by atoms with Gasteiger partial charge >= 0.3 is 0 Å². The monoisotopic (exact) mass is 599 g/mol. The summed E-state index contributed by atoms with van der Waals surface area (Å²) >= 11 is 6.41. The van der Waals surface area contributed by atoms with E-state index in [4.69, 9.17) is 25.8 Å². The third-order valence-corrected chi connectivity index (χ3v) is 10.1. The summed E-state index contributed by atoms with van der Waals surface area (Å²) in [6, 6.07) is 11.6. The molecule has 0 unspecified atom stereocenters. The van der Waals surface area contributed by atoms with Crippen molar-refractivity contribution < 1.29 is 23.2 Å². The molecule has 2 aromatic carbocycles.